The van der Waals surface area contributed by atoms with Crippen LogP contribution >= 0.6 is 0 Å². The normalized spacial score (nSPS) is 18.0. The van der Waals surface area contributed by atoms with E-state index in [9.17, 15) is 13.6 Å². The first-order valence-electron chi connectivity index (χ1n) is 8.97. The number of carbonyl (C=O) groups excluding carboxylic acids is 1. The summed E-state index contributed by atoms with van der Waals surface area (Å²) >= 11 is 0. The maximum Gasteiger partial charge on any atom is 0.322 e. The zero-order valence-corrected chi connectivity index (χ0v) is 15.1. The number of amides is 2. The monoisotopic (exact) mass is 362 g/mol. The lowest BCUT2D eigenvalue weighted by atomic mass is 10.0. The van der Waals surface area contributed by atoms with Crippen LogP contribution in [-0.4, -0.2) is 27.0 Å². The van der Waals surface area contributed by atoms with E-state index >= 15 is 0 Å². The number of imidazole rings is 1. The van der Waals surface area contributed by atoms with Crippen LogP contribution in [0.25, 0.3) is 0 Å². The molecule has 2 heterocycles. The van der Waals surface area contributed by atoms with Crippen molar-refractivity contribution in [1.29, 1.82) is 0 Å². The number of nitrogens with zero attached hydrogens (tertiary/aromatic N) is 3. The fourth-order valence-corrected chi connectivity index (χ4v) is 3.39. The van der Waals surface area contributed by atoms with Crippen molar-refractivity contribution in [3.05, 3.63) is 48.0 Å². The van der Waals surface area contributed by atoms with Crippen LogP contribution in [0.3, 0.4) is 0 Å². The molecule has 1 atom stereocenters. The molecule has 140 valence electrons. The van der Waals surface area contributed by atoms with E-state index in [4.69, 9.17) is 0 Å². The summed E-state index contributed by atoms with van der Waals surface area (Å²) < 4.78 is 29.1. The highest BCUT2D eigenvalue weighted by Gasteiger charge is 2.31. The van der Waals surface area contributed by atoms with Crippen molar-refractivity contribution in [2.75, 3.05) is 11.9 Å². The van der Waals surface area contributed by atoms with Gasteiger partial charge in [-0.1, -0.05) is 12.1 Å². The molecule has 1 aliphatic heterocycles. The van der Waals surface area contributed by atoms with Gasteiger partial charge in [-0.15, -0.1) is 0 Å². The first kappa shape index (κ1) is 18.4. The van der Waals surface area contributed by atoms with Crippen molar-refractivity contribution in [2.45, 2.75) is 51.6 Å². The molecule has 0 radical (unpaired) electrons. The minimum absolute atomic E-state index is 0.102. The van der Waals surface area contributed by atoms with Gasteiger partial charge in [0.25, 0.3) is 5.92 Å². The highest BCUT2D eigenvalue weighted by atomic mass is 19.3. The number of alkyl halides is 2. The summed E-state index contributed by atoms with van der Waals surface area (Å²) in [7, 11) is 0. The number of piperidine rings is 1. The third-order valence-electron chi connectivity index (χ3n) is 4.77. The van der Waals surface area contributed by atoms with Gasteiger partial charge >= 0.3 is 6.03 Å². The number of benzene rings is 1. The summed E-state index contributed by atoms with van der Waals surface area (Å²) in [6, 6.07) is 5.45. The molecule has 2 aromatic rings. The number of hydrogen-bond donors (Lipinski definition) is 1. The van der Waals surface area contributed by atoms with E-state index in [2.05, 4.69) is 10.3 Å². The molecule has 1 saturated heterocycles. The molecule has 0 saturated carbocycles. The lowest BCUT2D eigenvalue weighted by molar-refractivity contribution is 0.0175. The molecule has 1 aromatic carbocycles. The van der Waals surface area contributed by atoms with Gasteiger partial charge in [-0.2, -0.15) is 0 Å². The Morgan fingerprint density at radius 2 is 2.19 bits per heavy atom. The molecule has 0 bridgehead atoms. The van der Waals surface area contributed by atoms with Crippen molar-refractivity contribution in [1.82, 2.24) is 14.5 Å². The van der Waals surface area contributed by atoms with Crippen LogP contribution in [0, 0.1) is 0 Å². The third-order valence-corrected chi connectivity index (χ3v) is 4.77. The number of carbonyl (C=O) groups is 1. The number of aromatic nitrogens is 2. The second-order valence-corrected chi connectivity index (χ2v) is 6.68. The second-order valence-electron chi connectivity index (χ2n) is 6.68. The van der Waals surface area contributed by atoms with E-state index in [0.717, 1.165) is 38.6 Å². The van der Waals surface area contributed by atoms with Gasteiger partial charge < -0.3 is 14.8 Å². The van der Waals surface area contributed by atoms with Gasteiger partial charge in [0.05, 0.1) is 6.04 Å². The Labute approximate surface area is 152 Å². The number of rotatable bonds is 4. The van der Waals surface area contributed by atoms with Gasteiger partial charge in [-0.3, -0.25) is 0 Å². The van der Waals surface area contributed by atoms with Crippen LogP contribution in [0.4, 0.5) is 19.3 Å². The molecule has 1 fully saturated rings. The average molecular weight is 362 g/mol. The van der Waals surface area contributed by atoms with Crippen molar-refractivity contribution >= 4 is 11.7 Å². The number of halogens is 2. The molecule has 0 spiro atoms. The lowest BCUT2D eigenvalue weighted by Crippen LogP contribution is -2.42. The molecule has 1 aliphatic rings. The first-order valence-corrected chi connectivity index (χ1v) is 8.97. The number of likely N-dealkylation sites (tertiary alicyclic amines) is 1. The topological polar surface area (TPSA) is 50.2 Å². The quantitative estimate of drug-likeness (QED) is 0.851. The van der Waals surface area contributed by atoms with E-state index < -0.39 is 5.92 Å². The van der Waals surface area contributed by atoms with Crippen molar-refractivity contribution in [3.8, 4) is 0 Å². The summed E-state index contributed by atoms with van der Waals surface area (Å²) in [6.07, 6.45) is 6.45. The predicted molar refractivity (Wildman–Crippen MR) is 96.2 cm³/mol. The van der Waals surface area contributed by atoms with Crippen LogP contribution in [-0.2, 0) is 12.5 Å². The highest BCUT2D eigenvalue weighted by Crippen LogP contribution is 2.32. The maximum absolute atomic E-state index is 13.5. The van der Waals surface area contributed by atoms with Crippen LogP contribution in [0.1, 0.15) is 50.5 Å². The Bertz CT molecular complexity index is 769. The highest BCUT2D eigenvalue weighted by molar-refractivity contribution is 5.89. The molecule has 7 heteroatoms. The van der Waals surface area contributed by atoms with E-state index in [-0.39, 0.29) is 17.6 Å². The fraction of sp³-hybridized carbons (Fsp3) is 0.474. The summed E-state index contributed by atoms with van der Waals surface area (Å²) in [5, 5.41) is 2.77. The number of aryl methyl sites for hydroxylation is 1. The number of anilines is 1. The molecule has 5 nitrogen and oxygen atoms in total. The fourth-order valence-electron chi connectivity index (χ4n) is 3.39. The second kappa shape index (κ2) is 7.43. The number of hydrogen-bond acceptors (Lipinski definition) is 2. The molecule has 2 amide bonds. The first-order chi connectivity index (χ1) is 12.4. The summed E-state index contributed by atoms with van der Waals surface area (Å²) in [6.45, 7) is 4.29. The molecular weight excluding hydrogens is 338 g/mol. The van der Waals surface area contributed by atoms with E-state index in [1.54, 1.807) is 17.2 Å². The number of nitrogens with one attached hydrogen (secondary N) is 1. The van der Waals surface area contributed by atoms with Crippen LogP contribution in [0.2, 0.25) is 0 Å². The Kier molecular flexibility index (Phi) is 5.25. The largest absolute Gasteiger partial charge is 0.333 e. The van der Waals surface area contributed by atoms with Gasteiger partial charge in [0.1, 0.15) is 5.82 Å². The molecule has 26 heavy (non-hydrogen) atoms. The smallest absolute Gasteiger partial charge is 0.322 e. The maximum atomic E-state index is 13.5. The third kappa shape index (κ3) is 3.86. The molecule has 3 rings (SSSR count). The van der Waals surface area contributed by atoms with Crippen molar-refractivity contribution < 1.29 is 13.6 Å². The Morgan fingerprint density at radius 1 is 1.38 bits per heavy atom. The summed E-state index contributed by atoms with van der Waals surface area (Å²) in [4.78, 5) is 19.0. The van der Waals surface area contributed by atoms with Gasteiger partial charge in [0.2, 0.25) is 0 Å². The van der Waals surface area contributed by atoms with E-state index in [1.165, 1.54) is 18.2 Å². The van der Waals surface area contributed by atoms with E-state index in [0.29, 0.717) is 12.2 Å². The predicted octanol–water partition coefficient (Wildman–Crippen LogP) is 4.77. The minimum atomic E-state index is -2.94. The van der Waals surface area contributed by atoms with Crippen molar-refractivity contribution in [2.24, 2.45) is 0 Å². The van der Waals surface area contributed by atoms with Crippen LogP contribution < -0.4 is 5.32 Å². The molecule has 1 aromatic heterocycles. The Balaban J connectivity index is 1.79. The van der Waals surface area contributed by atoms with Gasteiger partial charge in [0.15, 0.2) is 0 Å². The molecule has 0 aliphatic carbocycles. The van der Waals surface area contributed by atoms with Crippen molar-refractivity contribution in [3.63, 3.8) is 0 Å². The SMILES string of the molecule is CCn1ccnc1C1CCCCN1C(=O)Nc1cccc(C(C)(F)F)c1. The molecule has 1 unspecified atom stereocenters. The average Bonchev–Trinajstić information content (AvgIpc) is 3.10. The van der Waals surface area contributed by atoms with Gasteiger partial charge in [-0.25, -0.2) is 18.6 Å². The minimum Gasteiger partial charge on any atom is -0.333 e. The lowest BCUT2D eigenvalue weighted by Gasteiger charge is -2.35. The van der Waals surface area contributed by atoms with Gasteiger partial charge in [0, 0.05) is 43.7 Å². The molecule has 1 N–H and O–H groups in total. The zero-order valence-electron chi connectivity index (χ0n) is 15.1. The summed E-state index contributed by atoms with van der Waals surface area (Å²) in [5.74, 6) is -2.07. The summed E-state index contributed by atoms with van der Waals surface area (Å²) in [5.41, 5.74) is 0.254. The Hall–Kier alpha value is -2.44. The van der Waals surface area contributed by atoms with Gasteiger partial charge in [-0.05, 0) is 38.3 Å². The van der Waals surface area contributed by atoms with E-state index in [1.807, 2.05) is 17.7 Å². The zero-order chi connectivity index (χ0) is 18.7. The number of urea groups is 1. The van der Waals surface area contributed by atoms with Crippen LogP contribution in [0.15, 0.2) is 36.7 Å². The standard InChI is InChI=1S/C19H24F2N4O/c1-3-24-12-10-22-17(24)16-9-4-5-11-25(16)18(26)23-15-8-6-7-14(13-15)19(2,20)21/h6-8,10,12-13,16H,3-5,9,11H2,1-2H3,(H,23,26). The Morgan fingerprint density at radius 3 is 2.92 bits per heavy atom. The van der Waals surface area contributed by atoms with Crippen LogP contribution in [0.5, 0.6) is 0 Å². The molecular formula is C19H24F2N4O.